The first-order valence-corrected chi connectivity index (χ1v) is 5.52. The molecule has 1 unspecified atom stereocenters. The molecule has 0 spiro atoms. The summed E-state index contributed by atoms with van der Waals surface area (Å²) in [4.78, 5) is 23.2. The topological polar surface area (TPSA) is 78.4 Å². The van der Waals surface area contributed by atoms with Gasteiger partial charge < -0.3 is 15.7 Å². The maximum absolute atomic E-state index is 11.3. The Balaban J connectivity index is 2.46. The number of amides is 2. The zero-order valence-corrected chi connectivity index (χ0v) is 9.30. The van der Waals surface area contributed by atoms with Crippen molar-refractivity contribution in [2.75, 3.05) is 0 Å². The molecule has 1 aromatic heterocycles. The number of carbonyl (C=O) groups excluding carboxylic acids is 1. The van der Waals surface area contributed by atoms with Gasteiger partial charge in [-0.2, -0.15) is 0 Å². The molecule has 1 aliphatic rings. The van der Waals surface area contributed by atoms with E-state index in [-0.39, 0.29) is 11.6 Å². The Hall–Kier alpha value is -1.82. The molecule has 2 amide bonds. The van der Waals surface area contributed by atoms with E-state index >= 15 is 0 Å². The third-order valence-corrected chi connectivity index (χ3v) is 3.26. The van der Waals surface area contributed by atoms with Gasteiger partial charge in [-0.25, -0.2) is 9.59 Å². The van der Waals surface area contributed by atoms with Gasteiger partial charge in [-0.1, -0.05) is 6.07 Å². The highest BCUT2D eigenvalue weighted by Gasteiger charge is 2.31. The number of carbonyl (C=O) groups is 2. The summed E-state index contributed by atoms with van der Waals surface area (Å²) in [7, 11) is 0. The molecular formula is C10H10N2O3S. The molecule has 0 fully saturated rings. The molecule has 84 valence electrons. The molecule has 3 N–H and O–H groups in total. The predicted molar refractivity (Wildman–Crippen MR) is 59.1 cm³/mol. The number of hydrogen-bond acceptors (Lipinski definition) is 3. The van der Waals surface area contributed by atoms with Crippen LogP contribution in [0.4, 0.5) is 4.79 Å². The fourth-order valence-electron chi connectivity index (χ4n) is 1.65. The first-order valence-electron chi connectivity index (χ1n) is 4.64. The van der Waals surface area contributed by atoms with Gasteiger partial charge in [0, 0.05) is 10.6 Å². The molecule has 2 heterocycles. The molecule has 0 aliphatic carbocycles. The fourth-order valence-corrected chi connectivity index (χ4v) is 2.43. The van der Waals surface area contributed by atoms with Crippen LogP contribution in [0.2, 0.25) is 0 Å². The number of carboxylic acid groups (broad SMARTS) is 1. The van der Waals surface area contributed by atoms with Crippen LogP contribution in [0.15, 0.2) is 28.8 Å². The summed E-state index contributed by atoms with van der Waals surface area (Å²) >= 11 is 1.41. The summed E-state index contributed by atoms with van der Waals surface area (Å²) in [5.41, 5.74) is 0.566. The number of allylic oxidation sites excluding steroid dienone is 1. The highest BCUT2D eigenvalue weighted by atomic mass is 32.1. The monoisotopic (exact) mass is 238 g/mol. The Kier molecular flexibility index (Phi) is 2.66. The van der Waals surface area contributed by atoms with Gasteiger partial charge in [-0.15, -0.1) is 11.3 Å². The van der Waals surface area contributed by atoms with Crippen LogP contribution in [0.1, 0.15) is 17.8 Å². The molecule has 16 heavy (non-hydrogen) atoms. The van der Waals surface area contributed by atoms with Crippen LogP contribution in [0, 0.1) is 0 Å². The summed E-state index contributed by atoms with van der Waals surface area (Å²) in [6.07, 6.45) is 0. The second-order valence-corrected chi connectivity index (χ2v) is 4.37. The highest BCUT2D eigenvalue weighted by Crippen LogP contribution is 2.29. The van der Waals surface area contributed by atoms with Crippen molar-refractivity contribution in [1.29, 1.82) is 0 Å². The summed E-state index contributed by atoms with van der Waals surface area (Å²) < 4.78 is 0. The fraction of sp³-hybridized carbons (Fsp3) is 0.200. The van der Waals surface area contributed by atoms with E-state index in [1.807, 2.05) is 11.4 Å². The zero-order chi connectivity index (χ0) is 11.7. The van der Waals surface area contributed by atoms with E-state index in [0.29, 0.717) is 5.70 Å². The van der Waals surface area contributed by atoms with Gasteiger partial charge >= 0.3 is 12.0 Å². The van der Waals surface area contributed by atoms with Crippen LogP contribution in [0.3, 0.4) is 0 Å². The lowest BCUT2D eigenvalue weighted by Crippen LogP contribution is -2.44. The summed E-state index contributed by atoms with van der Waals surface area (Å²) in [5, 5.41) is 16.0. The van der Waals surface area contributed by atoms with E-state index in [2.05, 4.69) is 10.6 Å². The van der Waals surface area contributed by atoms with Crippen LogP contribution in [-0.4, -0.2) is 17.1 Å². The van der Waals surface area contributed by atoms with Gasteiger partial charge in [-0.3, -0.25) is 0 Å². The molecule has 1 aliphatic heterocycles. The number of nitrogens with one attached hydrogen (secondary N) is 2. The van der Waals surface area contributed by atoms with Crippen LogP contribution < -0.4 is 10.6 Å². The molecule has 6 heteroatoms. The van der Waals surface area contributed by atoms with Crippen LogP contribution in [0.5, 0.6) is 0 Å². The number of hydrogen-bond donors (Lipinski definition) is 3. The third kappa shape index (κ3) is 1.79. The minimum Gasteiger partial charge on any atom is -0.478 e. The van der Waals surface area contributed by atoms with Crippen molar-refractivity contribution in [3.05, 3.63) is 33.7 Å². The SMILES string of the molecule is CC1=C(C(=O)O)C(c2cccs2)NC(=O)N1. The van der Waals surface area contributed by atoms with Gasteiger partial charge in [-0.05, 0) is 18.4 Å². The maximum Gasteiger partial charge on any atom is 0.335 e. The van der Waals surface area contributed by atoms with Crippen molar-refractivity contribution in [2.24, 2.45) is 0 Å². The van der Waals surface area contributed by atoms with Crippen molar-refractivity contribution in [3.63, 3.8) is 0 Å². The van der Waals surface area contributed by atoms with E-state index in [0.717, 1.165) is 4.88 Å². The van der Waals surface area contributed by atoms with E-state index in [1.54, 1.807) is 13.0 Å². The molecule has 1 aromatic rings. The Morgan fingerprint density at radius 1 is 1.56 bits per heavy atom. The first-order chi connectivity index (χ1) is 7.59. The molecule has 1 atom stereocenters. The molecule has 0 saturated heterocycles. The predicted octanol–water partition coefficient (Wildman–Crippen LogP) is 1.46. The van der Waals surface area contributed by atoms with E-state index < -0.39 is 12.0 Å². The minimum absolute atomic E-state index is 0.182. The molecule has 0 aromatic carbocycles. The zero-order valence-electron chi connectivity index (χ0n) is 8.48. The molecular weight excluding hydrogens is 228 g/mol. The minimum atomic E-state index is -1.02. The number of aliphatic carboxylic acids is 1. The number of carboxylic acids is 1. The number of urea groups is 1. The molecule has 2 rings (SSSR count). The lowest BCUT2D eigenvalue weighted by atomic mass is 10.0. The summed E-state index contributed by atoms with van der Waals surface area (Å²) in [6.45, 7) is 1.59. The second kappa shape index (κ2) is 3.97. The molecule has 0 bridgehead atoms. The Morgan fingerprint density at radius 3 is 2.88 bits per heavy atom. The maximum atomic E-state index is 11.3. The normalized spacial score (nSPS) is 20.3. The van der Waals surface area contributed by atoms with Gasteiger partial charge in [0.05, 0.1) is 11.6 Å². The van der Waals surface area contributed by atoms with E-state index in [9.17, 15) is 9.59 Å². The lowest BCUT2D eigenvalue weighted by Gasteiger charge is -2.25. The lowest BCUT2D eigenvalue weighted by molar-refractivity contribution is -0.133. The number of thiophene rings is 1. The highest BCUT2D eigenvalue weighted by molar-refractivity contribution is 7.10. The van der Waals surface area contributed by atoms with Gasteiger partial charge in [0.2, 0.25) is 0 Å². The van der Waals surface area contributed by atoms with Crippen molar-refractivity contribution in [2.45, 2.75) is 13.0 Å². The van der Waals surface area contributed by atoms with Crippen molar-refractivity contribution in [1.82, 2.24) is 10.6 Å². The average molecular weight is 238 g/mol. The van der Waals surface area contributed by atoms with E-state index in [4.69, 9.17) is 5.11 Å². The number of rotatable bonds is 2. The van der Waals surface area contributed by atoms with Crippen LogP contribution in [0.25, 0.3) is 0 Å². The van der Waals surface area contributed by atoms with Crippen LogP contribution in [-0.2, 0) is 4.79 Å². The Bertz CT molecular complexity index is 464. The standard InChI is InChI=1S/C10H10N2O3S/c1-5-7(9(13)14)8(12-10(15)11-5)6-3-2-4-16-6/h2-4,8H,1H3,(H,13,14)(H2,11,12,15). The van der Waals surface area contributed by atoms with E-state index in [1.165, 1.54) is 11.3 Å². The smallest absolute Gasteiger partial charge is 0.335 e. The Labute approximate surface area is 95.8 Å². The molecule has 5 nitrogen and oxygen atoms in total. The third-order valence-electron chi connectivity index (χ3n) is 2.33. The van der Waals surface area contributed by atoms with Gasteiger partial charge in [0.1, 0.15) is 0 Å². The van der Waals surface area contributed by atoms with Crippen molar-refractivity contribution in [3.8, 4) is 0 Å². The van der Waals surface area contributed by atoms with Crippen molar-refractivity contribution < 1.29 is 14.7 Å². The first kappa shape index (κ1) is 10.7. The summed E-state index contributed by atoms with van der Waals surface area (Å²) in [6, 6.07) is 2.69. The van der Waals surface area contributed by atoms with Gasteiger partial charge in [0.15, 0.2) is 0 Å². The Morgan fingerprint density at radius 2 is 2.31 bits per heavy atom. The molecule has 0 saturated carbocycles. The summed E-state index contributed by atoms with van der Waals surface area (Å²) in [5.74, 6) is -1.02. The van der Waals surface area contributed by atoms with Crippen molar-refractivity contribution >= 4 is 23.3 Å². The molecule has 0 radical (unpaired) electrons. The van der Waals surface area contributed by atoms with Gasteiger partial charge in [0.25, 0.3) is 0 Å². The largest absolute Gasteiger partial charge is 0.478 e. The quantitative estimate of drug-likeness (QED) is 0.729. The average Bonchev–Trinajstić information content (AvgIpc) is 2.67. The van der Waals surface area contributed by atoms with Crippen LogP contribution >= 0.6 is 11.3 Å². The second-order valence-electron chi connectivity index (χ2n) is 3.39.